The molecular weight excluding hydrogens is 347 g/mol. The van der Waals surface area contributed by atoms with Crippen molar-refractivity contribution in [3.63, 3.8) is 0 Å². The number of alkyl halides is 3. The molecule has 0 unspecified atom stereocenters. The van der Waals surface area contributed by atoms with E-state index in [0.29, 0.717) is 28.4 Å². The van der Waals surface area contributed by atoms with E-state index in [0.717, 1.165) is 12.1 Å². The Bertz CT molecular complexity index is 918. The van der Waals surface area contributed by atoms with Crippen LogP contribution in [0.15, 0.2) is 53.1 Å². The molecule has 0 bridgehead atoms. The maximum Gasteiger partial charge on any atom is 0.416 e. The Morgan fingerprint density at radius 2 is 1.88 bits per heavy atom. The van der Waals surface area contributed by atoms with Crippen molar-refractivity contribution in [2.24, 2.45) is 0 Å². The van der Waals surface area contributed by atoms with Gasteiger partial charge in [-0.25, -0.2) is 0 Å². The SMILES string of the molecule is Cc1noc(-c2ccc(C(=O)NCc3cccc(C(F)(F)F)c3)cc2)n1. The van der Waals surface area contributed by atoms with Crippen LogP contribution in [0.5, 0.6) is 0 Å². The van der Waals surface area contributed by atoms with Gasteiger partial charge in [0.15, 0.2) is 5.82 Å². The van der Waals surface area contributed by atoms with Crippen molar-refractivity contribution in [1.29, 1.82) is 0 Å². The highest BCUT2D eigenvalue weighted by atomic mass is 19.4. The molecule has 0 atom stereocenters. The van der Waals surface area contributed by atoms with Crippen molar-refractivity contribution < 1.29 is 22.5 Å². The monoisotopic (exact) mass is 361 g/mol. The number of halogens is 3. The molecule has 2 aromatic carbocycles. The number of benzene rings is 2. The van der Waals surface area contributed by atoms with Gasteiger partial charge in [-0.2, -0.15) is 18.2 Å². The summed E-state index contributed by atoms with van der Waals surface area (Å²) in [7, 11) is 0. The van der Waals surface area contributed by atoms with Gasteiger partial charge < -0.3 is 9.84 Å². The van der Waals surface area contributed by atoms with Gasteiger partial charge in [-0.3, -0.25) is 4.79 Å². The van der Waals surface area contributed by atoms with E-state index in [4.69, 9.17) is 4.52 Å². The van der Waals surface area contributed by atoms with Gasteiger partial charge in [0.25, 0.3) is 11.8 Å². The van der Waals surface area contributed by atoms with Gasteiger partial charge in [0.1, 0.15) is 0 Å². The fourth-order valence-corrected chi connectivity index (χ4v) is 2.32. The van der Waals surface area contributed by atoms with Crippen LogP contribution in [0.4, 0.5) is 13.2 Å². The molecule has 0 fully saturated rings. The molecule has 1 aromatic heterocycles. The molecule has 134 valence electrons. The summed E-state index contributed by atoms with van der Waals surface area (Å²) in [6.07, 6.45) is -4.41. The maximum atomic E-state index is 12.7. The van der Waals surface area contributed by atoms with Crippen LogP contribution in [-0.2, 0) is 12.7 Å². The minimum Gasteiger partial charge on any atom is -0.348 e. The van der Waals surface area contributed by atoms with Crippen LogP contribution in [0.3, 0.4) is 0 Å². The summed E-state index contributed by atoms with van der Waals surface area (Å²) in [5.41, 5.74) is 0.659. The average molecular weight is 361 g/mol. The highest BCUT2D eigenvalue weighted by molar-refractivity contribution is 5.94. The molecular formula is C18H14F3N3O2. The van der Waals surface area contributed by atoms with E-state index in [1.54, 1.807) is 31.2 Å². The molecule has 1 amide bonds. The van der Waals surface area contributed by atoms with E-state index in [-0.39, 0.29) is 6.54 Å². The molecule has 8 heteroatoms. The number of aryl methyl sites for hydroxylation is 1. The minimum absolute atomic E-state index is 0.00659. The molecule has 0 aliphatic rings. The highest BCUT2D eigenvalue weighted by Gasteiger charge is 2.30. The van der Waals surface area contributed by atoms with Gasteiger partial charge in [0.05, 0.1) is 5.56 Å². The van der Waals surface area contributed by atoms with E-state index >= 15 is 0 Å². The van der Waals surface area contributed by atoms with Gasteiger partial charge >= 0.3 is 6.18 Å². The molecule has 0 aliphatic carbocycles. The van der Waals surface area contributed by atoms with Gasteiger partial charge in [0.2, 0.25) is 0 Å². The van der Waals surface area contributed by atoms with Crippen LogP contribution in [0.25, 0.3) is 11.5 Å². The predicted molar refractivity (Wildman–Crippen MR) is 87.1 cm³/mol. The van der Waals surface area contributed by atoms with Gasteiger partial charge in [0, 0.05) is 17.7 Å². The highest BCUT2D eigenvalue weighted by Crippen LogP contribution is 2.29. The maximum absolute atomic E-state index is 12.7. The molecule has 1 heterocycles. The molecule has 26 heavy (non-hydrogen) atoms. The van der Waals surface area contributed by atoms with Gasteiger partial charge in [-0.15, -0.1) is 0 Å². The second-order valence-corrected chi connectivity index (χ2v) is 5.60. The molecule has 0 spiro atoms. The van der Waals surface area contributed by atoms with Crippen LogP contribution in [0, 0.1) is 6.92 Å². The van der Waals surface area contributed by atoms with E-state index in [1.807, 2.05) is 0 Å². The first kappa shape index (κ1) is 17.7. The summed E-state index contributed by atoms with van der Waals surface area (Å²) in [4.78, 5) is 16.3. The number of hydrogen-bond donors (Lipinski definition) is 1. The first-order chi connectivity index (χ1) is 12.3. The molecule has 5 nitrogen and oxygen atoms in total. The lowest BCUT2D eigenvalue weighted by Crippen LogP contribution is -2.23. The number of carbonyl (C=O) groups excluding carboxylic acids is 1. The summed E-state index contributed by atoms with van der Waals surface area (Å²) < 4.78 is 43.2. The van der Waals surface area contributed by atoms with Crippen molar-refractivity contribution in [2.45, 2.75) is 19.6 Å². The van der Waals surface area contributed by atoms with Crippen molar-refractivity contribution >= 4 is 5.91 Å². The Morgan fingerprint density at radius 3 is 2.50 bits per heavy atom. The Labute approximate surface area is 146 Å². The second kappa shape index (κ2) is 6.99. The lowest BCUT2D eigenvalue weighted by Gasteiger charge is -2.10. The summed E-state index contributed by atoms with van der Waals surface area (Å²) in [5.74, 6) is 0.456. The van der Waals surface area contributed by atoms with Gasteiger partial charge in [-0.1, -0.05) is 17.3 Å². The summed E-state index contributed by atoms with van der Waals surface area (Å²) in [6.45, 7) is 1.69. The van der Waals surface area contributed by atoms with Crippen molar-refractivity contribution in [3.8, 4) is 11.5 Å². The predicted octanol–water partition coefficient (Wildman–Crippen LogP) is 3.99. The fourth-order valence-electron chi connectivity index (χ4n) is 2.32. The van der Waals surface area contributed by atoms with Crippen LogP contribution < -0.4 is 5.32 Å². The third-order valence-electron chi connectivity index (χ3n) is 3.63. The molecule has 3 rings (SSSR count). The van der Waals surface area contributed by atoms with Crippen LogP contribution >= 0.6 is 0 Å². The minimum atomic E-state index is -4.41. The molecule has 0 radical (unpaired) electrons. The number of rotatable bonds is 4. The smallest absolute Gasteiger partial charge is 0.348 e. The van der Waals surface area contributed by atoms with Gasteiger partial charge in [-0.05, 0) is 48.9 Å². The lowest BCUT2D eigenvalue weighted by atomic mass is 10.1. The molecule has 0 aliphatic heterocycles. The average Bonchev–Trinajstić information content (AvgIpc) is 3.06. The Hall–Kier alpha value is -3.16. The zero-order chi connectivity index (χ0) is 18.7. The number of hydrogen-bond acceptors (Lipinski definition) is 4. The van der Waals surface area contributed by atoms with Crippen molar-refractivity contribution in [3.05, 3.63) is 71.0 Å². The topological polar surface area (TPSA) is 68.0 Å². The first-order valence-corrected chi connectivity index (χ1v) is 7.68. The first-order valence-electron chi connectivity index (χ1n) is 7.68. The van der Waals surface area contributed by atoms with E-state index in [1.165, 1.54) is 12.1 Å². The molecule has 1 N–H and O–H groups in total. The Kier molecular flexibility index (Phi) is 4.75. The quantitative estimate of drug-likeness (QED) is 0.763. The van der Waals surface area contributed by atoms with Crippen LogP contribution in [0.1, 0.15) is 27.3 Å². The lowest BCUT2D eigenvalue weighted by molar-refractivity contribution is -0.137. The van der Waals surface area contributed by atoms with E-state index in [2.05, 4.69) is 15.5 Å². The number of carbonyl (C=O) groups is 1. The number of amides is 1. The van der Waals surface area contributed by atoms with Crippen molar-refractivity contribution in [2.75, 3.05) is 0 Å². The van der Waals surface area contributed by atoms with Crippen LogP contribution in [-0.4, -0.2) is 16.0 Å². The number of nitrogens with one attached hydrogen (secondary N) is 1. The second-order valence-electron chi connectivity index (χ2n) is 5.60. The third kappa shape index (κ3) is 4.08. The number of nitrogens with zero attached hydrogens (tertiary/aromatic N) is 2. The number of aromatic nitrogens is 2. The normalized spacial score (nSPS) is 11.4. The fraction of sp³-hybridized carbons (Fsp3) is 0.167. The molecule has 3 aromatic rings. The summed E-state index contributed by atoms with van der Waals surface area (Å²) in [6, 6.07) is 11.3. The largest absolute Gasteiger partial charge is 0.416 e. The standard InChI is InChI=1S/C18H14F3N3O2/c1-11-23-17(26-24-11)14-7-5-13(6-8-14)16(25)22-10-12-3-2-4-15(9-12)18(19,20)21/h2-9H,10H2,1H3,(H,22,25). The molecule has 0 saturated heterocycles. The third-order valence-corrected chi connectivity index (χ3v) is 3.63. The Balaban J connectivity index is 1.65. The van der Waals surface area contributed by atoms with Crippen molar-refractivity contribution in [1.82, 2.24) is 15.5 Å². The summed E-state index contributed by atoms with van der Waals surface area (Å²) >= 11 is 0. The molecule has 0 saturated carbocycles. The van der Waals surface area contributed by atoms with E-state index < -0.39 is 17.6 Å². The Morgan fingerprint density at radius 1 is 1.15 bits per heavy atom. The summed E-state index contributed by atoms with van der Waals surface area (Å²) in [5, 5.41) is 6.29. The zero-order valence-electron chi connectivity index (χ0n) is 13.7. The van der Waals surface area contributed by atoms with Crippen LogP contribution in [0.2, 0.25) is 0 Å². The van der Waals surface area contributed by atoms with E-state index in [9.17, 15) is 18.0 Å². The zero-order valence-corrected chi connectivity index (χ0v) is 13.7.